The Bertz CT molecular complexity index is 1580. The van der Waals surface area contributed by atoms with Gasteiger partial charge in [-0.25, -0.2) is 4.98 Å². The molecule has 0 aliphatic carbocycles. The first kappa shape index (κ1) is 18.3. The van der Waals surface area contributed by atoms with Crippen LogP contribution in [0.15, 0.2) is 70.4 Å². The van der Waals surface area contributed by atoms with Crippen LogP contribution in [0.5, 0.6) is 0 Å². The molecule has 0 aliphatic rings. The molecule has 0 radical (unpaired) electrons. The summed E-state index contributed by atoms with van der Waals surface area (Å²) in [5.41, 5.74) is 5.72. The lowest BCUT2D eigenvalue weighted by atomic mass is 10.0. The van der Waals surface area contributed by atoms with Gasteiger partial charge in [0.2, 0.25) is 5.43 Å². The fourth-order valence-electron chi connectivity index (χ4n) is 4.05. The van der Waals surface area contributed by atoms with Crippen molar-refractivity contribution in [3.8, 4) is 0 Å². The molecule has 3 aromatic heterocycles. The minimum atomic E-state index is -0.232. The maximum atomic E-state index is 13.3. The van der Waals surface area contributed by atoms with E-state index < -0.39 is 0 Å². The Balaban J connectivity index is 1.78. The quantitative estimate of drug-likeness (QED) is 0.426. The minimum absolute atomic E-state index is 0.205. The van der Waals surface area contributed by atoms with Crippen molar-refractivity contribution in [2.75, 3.05) is 0 Å². The second-order valence-electron chi connectivity index (χ2n) is 7.95. The third-order valence-electron chi connectivity index (χ3n) is 5.69. The number of aromatic nitrogens is 3. The molecule has 0 saturated carbocycles. The molecule has 3 heterocycles. The van der Waals surface area contributed by atoms with Crippen LogP contribution < -0.4 is 11.0 Å². The van der Waals surface area contributed by atoms with Crippen molar-refractivity contribution >= 4 is 27.6 Å². The summed E-state index contributed by atoms with van der Waals surface area (Å²) in [7, 11) is 1.81. The molecule has 0 aliphatic heterocycles. The van der Waals surface area contributed by atoms with Gasteiger partial charge in [-0.2, -0.15) is 0 Å². The number of benzene rings is 2. The van der Waals surface area contributed by atoms with Crippen LogP contribution in [0, 0.1) is 13.8 Å². The van der Waals surface area contributed by atoms with Gasteiger partial charge in [-0.05, 0) is 55.2 Å². The third kappa shape index (κ3) is 2.82. The van der Waals surface area contributed by atoms with E-state index >= 15 is 0 Å². The highest BCUT2D eigenvalue weighted by Crippen LogP contribution is 2.19. The SMILES string of the molecule is Cc1ccc(Cc2ccc3c(c2)c(=O)c2nc4ccc(C)cn4c(=O)c2n3C)cc1. The number of rotatable bonds is 2. The lowest BCUT2D eigenvalue weighted by Gasteiger charge is -2.12. The zero-order valence-corrected chi connectivity index (χ0v) is 17.1. The fourth-order valence-corrected chi connectivity index (χ4v) is 4.05. The van der Waals surface area contributed by atoms with E-state index in [9.17, 15) is 9.59 Å². The van der Waals surface area contributed by atoms with Crippen LogP contribution in [-0.2, 0) is 13.5 Å². The molecule has 0 N–H and O–H groups in total. The lowest BCUT2D eigenvalue weighted by Crippen LogP contribution is -2.23. The van der Waals surface area contributed by atoms with Gasteiger partial charge in [-0.1, -0.05) is 42.0 Å². The molecule has 2 aromatic carbocycles. The lowest BCUT2D eigenvalue weighted by molar-refractivity contribution is 0.958. The van der Waals surface area contributed by atoms with Crippen LogP contribution in [0.3, 0.4) is 0 Å². The second kappa shape index (κ2) is 6.66. The molecule has 5 rings (SSSR count). The molecular formula is C25H21N3O2. The minimum Gasteiger partial charge on any atom is -0.338 e. The predicted octanol–water partition coefficient (Wildman–Crippen LogP) is 3.91. The number of pyridine rings is 2. The van der Waals surface area contributed by atoms with Crippen molar-refractivity contribution in [2.45, 2.75) is 20.3 Å². The van der Waals surface area contributed by atoms with Gasteiger partial charge < -0.3 is 4.57 Å². The predicted molar refractivity (Wildman–Crippen MR) is 120 cm³/mol. The Morgan fingerprint density at radius 1 is 0.867 bits per heavy atom. The van der Waals surface area contributed by atoms with Crippen molar-refractivity contribution in [3.05, 3.63) is 104 Å². The summed E-state index contributed by atoms with van der Waals surface area (Å²) in [6, 6.07) is 17.9. The first-order chi connectivity index (χ1) is 14.4. The molecule has 5 heteroatoms. The van der Waals surface area contributed by atoms with Crippen molar-refractivity contribution < 1.29 is 0 Å². The van der Waals surface area contributed by atoms with Gasteiger partial charge in [0.25, 0.3) is 5.56 Å². The molecule has 0 amide bonds. The number of hydrogen-bond donors (Lipinski definition) is 0. The molecule has 5 nitrogen and oxygen atoms in total. The van der Waals surface area contributed by atoms with Gasteiger partial charge in [0.1, 0.15) is 16.7 Å². The number of hydrogen-bond acceptors (Lipinski definition) is 3. The van der Waals surface area contributed by atoms with Crippen LogP contribution in [0.4, 0.5) is 0 Å². The molecular weight excluding hydrogens is 374 g/mol. The monoisotopic (exact) mass is 395 g/mol. The van der Waals surface area contributed by atoms with Gasteiger partial charge in [0, 0.05) is 18.6 Å². The standard InChI is InChI=1S/C25H21N3O2/c1-15-4-7-17(8-5-15)12-18-9-10-20-19(13-18)24(29)22-23(27(20)3)25(30)28-14-16(2)6-11-21(28)26-22/h4-11,13-14H,12H2,1-3H3. The number of nitrogens with zero attached hydrogens (tertiary/aromatic N) is 3. The Morgan fingerprint density at radius 3 is 2.33 bits per heavy atom. The average molecular weight is 395 g/mol. The van der Waals surface area contributed by atoms with E-state index in [0.717, 1.165) is 23.1 Å². The summed E-state index contributed by atoms with van der Waals surface area (Å²) in [6.07, 6.45) is 2.49. The summed E-state index contributed by atoms with van der Waals surface area (Å²) < 4.78 is 3.29. The molecule has 30 heavy (non-hydrogen) atoms. The van der Waals surface area contributed by atoms with Crippen LogP contribution in [0.1, 0.15) is 22.3 Å². The molecule has 5 aromatic rings. The first-order valence-electron chi connectivity index (χ1n) is 9.92. The van der Waals surface area contributed by atoms with Crippen LogP contribution in [0.25, 0.3) is 27.6 Å². The highest BCUT2D eigenvalue weighted by molar-refractivity contribution is 5.92. The van der Waals surface area contributed by atoms with E-state index in [-0.39, 0.29) is 16.5 Å². The zero-order chi connectivity index (χ0) is 21.0. The topological polar surface area (TPSA) is 56.4 Å². The largest absolute Gasteiger partial charge is 0.338 e. The summed E-state index contributed by atoms with van der Waals surface area (Å²) >= 11 is 0. The maximum absolute atomic E-state index is 13.3. The van der Waals surface area contributed by atoms with Gasteiger partial charge in [0.05, 0.1) is 5.52 Å². The molecule has 0 atom stereocenters. The Hall–Kier alpha value is -3.73. The molecule has 0 spiro atoms. The van der Waals surface area contributed by atoms with Crippen LogP contribution >= 0.6 is 0 Å². The van der Waals surface area contributed by atoms with E-state index in [4.69, 9.17) is 0 Å². The summed E-state index contributed by atoms with van der Waals surface area (Å²) in [4.78, 5) is 31.0. The van der Waals surface area contributed by atoms with Crippen LogP contribution in [-0.4, -0.2) is 14.0 Å². The Kier molecular flexibility index (Phi) is 4.07. The van der Waals surface area contributed by atoms with Crippen molar-refractivity contribution in [3.63, 3.8) is 0 Å². The Labute approximate surface area is 172 Å². The van der Waals surface area contributed by atoms with Gasteiger partial charge in [0.15, 0.2) is 0 Å². The van der Waals surface area contributed by atoms with Crippen LogP contribution in [0.2, 0.25) is 0 Å². The molecule has 0 fully saturated rings. The highest BCUT2D eigenvalue weighted by atomic mass is 16.1. The molecule has 0 saturated heterocycles. The molecule has 148 valence electrons. The smallest absolute Gasteiger partial charge is 0.282 e. The molecule has 0 bridgehead atoms. The van der Waals surface area contributed by atoms with Crippen molar-refractivity contribution in [2.24, 2.45) is 7.05 Å². The fraction of sp³-hybridized carbons (Fsp3) is 0.160. The van der Waals surface area contributed by atoms with Gasteiger partial charge in [-0.3, -0.25) is 14.0 Å². The number of fused-ring (bicyclic) bond motifs is 3. The summed E-state index contributed by atoms with van der Waals surface area (Å²) in [6.45, 7) is 3.99. The zero-order valence-electron chi connectivity index (χ0n) is 17.1. The van der Waals surface area contributed by atoms with E-state index in [1.165, 1.54) is 15.5 Å². The van der Waals surface area contributed by atoms with Crippen molar-refractivity contribution in [1.82, 2.24) is 14.0 Å². The van der Waals surface area contributed by atoms with Gasteiger partial charge >= 0.3 is 0 Å². The van der Waals surface area contributed by atoms with Gasteiger partial charge in [-0.15, -0.1) is 0 Å². The third-order valence-corrected chi connectivity index (χ3v) is 5.69. The second-order valence-corrected chi connectivity index (χ2v) is 7.95. The number of aryl methyl sites for hydroxylation is 3. The van der Waals surface area contributed by atoms with E-state index in [1.54, 1.807) is 16.8 Å². The van der Waals surface area contributed by atoms with E-state index in [0.29, 0.717) is 16.6 Å². The van der Waals surface area contributed by atoms with Crippen molar-refractivity contribution in [1.29, 1.82) is 0 Å². The normalized spacial score (nSPS) is 11.6. The van der Waals surface area contributed by atoms with E-state index in [1.807, 2.05) is 38.2 Å². The summed E-state index contributed by atoms with van der Waals surface area (Å²) in [5, 5.41) is 0.581. The van der Waals surface area contributed by atoms with E-state index in [2.05, 4.69) is 36.2 Å². The maximum Gasteiger partial charge on any atom is 0.282 e. The first-order valence-corrected chi connectivity index (χ1v) is 9.92. The Morgan fingerprint density at radius 2 is 1.57 bits per heavy atom. The average Bonchev–Trinajstić information content (AvgIpc) is 2.74. The molecule has 0 unspecified atom stereocenters. The summed E-state index contributed by atoms with van der Waals surface area (Å²) in [5.74, 6) is 0. The highest BCUT2D eigenvalue weighted by Gasteiger charge is 2.15.